The van der Waals surface area contributed by atoms with Gasteiger partial charge >= 0.3 is 5.97 Å². The third-order valence-corrected chi connectivity index (χ3v) is 4.74. The molecule has 0 N–H and O–H groups in total. The maximum absolute atomic E-state index is 11.1. The molecule has 0 bridgehead atoms. The number of rotatable bonds is 13. The zero-order valence-corrected chi connectivity index (χ0v) is 15.5. The summed E-state index contributed by atoms with van der Waals surface area (Å²) in [7, 11) is 1.43. The van der Waals surface area contributed by atoms with Crippen molar-refractivity contribution in [2.75, 3.05) is 7.11 Å². The molecule has 0 radical (unpaired) electrons. The summed E-state index contributed by atoms with van der Waals surface area (Å²) in [6.45, 7) is 0. The van der Waals surface area contributed by atoms with Crippen molar-refractivity contribution in [2.24, 2.45) is 0 Å². The highest BCUT2D eigenvalue weighted by Gasteiger charge is 2.36. The standard InChI is InChI=1S/C22H32O3/c1-24-22(23)18-17-21-20(25-21)16-12-7-5-3-2-4-6-9-13-19-14-10-8-11-15-19/h8,10-12,14-16,20-21H,2-7,9,13,17-18H2,1H3/b16-12-. The summed E-state index contributed by atoms with van der Waals surface area (Å²) in [4.78, 5) is 11.1. The molecule has 1 aliphatic rings. The van der Waals surface area contributed by atoms with Crippen LogP contribution >= 0.6 is 0 Å². The van der Waals surface area contributed by atoms with Gasteiger partial charge in [0.1, 0.15) is 6.10 Å². The van der Waals surface area contributed by atoms with Crippen LogP contribution < -0.4 is 0 Å². The number of esters is 1. The van der Waals surface area contributed by atoms with Crippen LogP contribution in [0, 0.1) is 0 Å². The lowest BCUT2D eigenvalue weighted by Gasteiger charge is -2.02. The van der Waals surface area contributed by atoms with Crippen LogP contribution in [0.3, 0.4) is 0 Å². The van der Waals surface area contributed by atoms with Crippen LogP contribution in [0.1, 0.15) is 63.4 Å². The number of epoxide rings is 1. The molecule has 1 saturated heterocycles. The normalized spacial score (nSPS) is 19.2. The van der Waals surface area contributed by atoms with Crippen LogP contribution in [0.4, 0.5) is 0 Å². The quantitative estimate of drug-likeness (QED) is 0.213. The number of methoxy groups -OCH3 is 1. The van der Waals surface area contributed by atoms with Crippen LogP contribution in [-0.4, -0.2) is 25.3 Å². The van der Waals surface area contributed by atoms with E-state index < -0.39 is 0 Å². The fourth-order valence-electron chi connectivity index (χ4n) is 3.09. The van der Waals surface area contributed by atoms with Gasteiger partial charge in [-0.15, -0.1) is 0 Å². The lowest BCUT2D eigenvalue weighted by Crippen LogP contribution is -2.02. The minimum Gasteiger partial charge on any atom is -0.469 e. The van der Waals surface area contributed by atoms with Crippen LogP contribution in [0.5, 0.6) is 0 Å². The fraction of sp³-hybridized carbons (Fsp3) is 0.591. The molecule has 1 aromatic carbocycles. The number of ether oxygens (including phenoxy) is 2. The average molecular weight is 344 g/mol. The fourth-order valence-corrected chi connectivity index (χ4v) is 3.09. The Balaban J connectivity index is 1.36. The SMILES string of the molecule is COC(=O)CCC1OC1/C=C\CCCCCCCCc1ccccc1. The Kier molecular flexibility index (Phi) is 9.35. The van der Waals surface area contributed by atoms with E-state index in [1.807, 2.05) is 0 Å². The number of benzene rings is 1. The van der Waals surface area contributed by atoms with Crippen LogP contribution in [0.15, 0.2) is 42.5 Å². The molecular formula is C22H32O3. The van der Waals surface area contributed by atoms with E-state index in [-0.39, 0.29) is 18.2 Å². The second kappa shape index (κ2) is 11.9. The topological polar surface area (TPSA) is 38.8 Å². The number of aryl methyl sites for hydroxylation is 1. The highest BCUT2D eigenvalue weighted by molar-refractivity contribution is 5.69. The van der Waals surface area contributed by atoms with Gasteiger partial charge in [0, 0.05) is 6.42 Å². The minimum absolute atomic E-state index is 0.151. The van der Waals surface area contributed by atoms with Gasteiger partial charge in [-0.1, -0.05) is 68.2 Å². The molecule has 1 aliphatic heterocycles. The second-order valence-corrected chi connectivity index (χ2v) is 6.83. The van der Waals surface area contributed by atoms with Crippen molar-refractivity contribution < 1.29 is 14.3 Å². The van der Waals surface area contributed by atoms with Crippen molar-refractivity contribution in [1.82, 2.24) is 0 Å². The first-order valence-electron chi connectivity index (χ1n) is 9.72. The maximum atomic E-state index is 11.1. The van der Waals surface area contributed by atoms with Crippen molar-refractivity contribution in [2.45, 2.75) is 76.4 Å². The molecule has 1 fully saturated rings. The average Bonchev–Trinajstić information content (AvgIpc) is 3.40. The Morgan fingerprint density at radius 3 is 2.56 bits per heavy atom. The molecule has 25 heavy (non-hydrogen) atoms. The Labute approximate surface area is 152 Å². The van der Waals surface area contributed by atoms with Gasteiger partial charge in [0.2, 0.25) is 0 Å². The second-order valence-electron chi connectivity index (χ2n) is 6.83. The number of allylic oxidation sites excluding steroid dienone is 1. The van der Waals surface area contributed by atoms with Crippen LogP contribution in [-0.2, 0) is 20.7 Å². The van der Waals surface area contributed by atoms with Crippen molar-refractivity contribution in [3.05, 3.63) is 48.0 Å². The van der Waals surface area contributed by atoms with Crippen molar-refractivity contribution in [3.63, 3.8) is 0 Å². The molecule has 2 atom stereocenters. The van der Waals surface area contributed by atoms with Crippen molar-refractivity contribution in [3.8, 4) is 0 Å². The van der Waals surface area contributed by atoms with Gasteiger partial charge in [-0.2, -0.15) is 0 Å². The third kappa shape index (κ3) is 8.87. The predicted molar refractivity (Wildman–Crippen MR) is 102 cm³/mol. The summed E-state index contributed by atoms with van der Waals surface area (Å²) in [5, 5.41) is 0. The summed E-state index contributed by atoms with van der Waals surface area (Å²) in [5.74, 6) is -0.151. The summed E-state index contributed by atoms with van der Waals surface area (Å²) >= 11 is 0. The summed E-state index contributed by atoms with van der Waals surface area (Å²) in [6, 6.07) is 10.8. The van der Waals surface area contributed by atoms with E-state index in [0.717, 1.165) is 12.8 Å². The van der Waals surface area contributed by atoms with Gasteiger partial charge in [0.25, 0.3) is 0 Å². The molecule has 0 spiro atoms. The van der Waals surface area contributed by atoms with Gasteiger partial charge < -0.3 is 9.47 Å². The first-order valence-corrected chi connectivity index (χ1v) is 9.72. The zero-order chi connectivity index (χ0) is 17.7. The molecule has 1 heterocycles. The highest BCUT2D eigenvalue weighted by atomic mass is 16.6. The number of carbonyl (C=O) groups excluding carboxylic acids is 1. The largest absolute Gasteiger partial charge is 0.469 e. The summed E-state index contributed by atoms with van der Waals surface area (Å²) in [5.41, 5.74) is 1.46. The molecule has 1 aromatic rings. The van der Waals surface area contributed by atoms with Crippen molar-refractivity contribution in [1.29, 1.82) is 0 Å². The number of hydrogen-bond donors (Lipinski definition) is 0. The monoisotopic (exact) mass is 344 g/mol. The molecule has 0 aliphatic carbocycles. The lowest BCUT2D eigenvalue weighted by atomic mass is 10.0. The maximum Gasteiger partial charge on any atom is 0.305 e. The lowest BCUT2D eigenvalue weighted by molar-refractivity contribution is -0.140. The first kappa shape index (κ1) is 19.7. The van der Waals surface area contributed by atoms with Gasteiger partial charge in [-0.25, -0.2) is 0 Å². The molecule has 3 nitrogen and oxygen atoms in total. The summed E-state index contributed by atoms with van der Waals surface area (Å²) in [6.07, 6.45) is 16.3. The van der Waals surface area contributed by atoms with E-state index in [4.69, 9.17) is 4.74 Å². The van der Waals surface area contributed by atoms with Gasteiger partial charge in [-0.3, -0.25) is 4.79 Å². The van der Waals surface area contributed by atoms with Gasteiger partial charge in [0.15, 0.2) is 0 Å². The Morgan fingerprint density at radius 2 is 1.80 bits per heavy atom. The third-order valence-electron chi connectivity index (χ3n) is 4.74. The Morgan fingerprint density at radius 1 is 1.08 bits per heavy atom. The summed E-state index contributed by atoms with van der Waals surface area (Å²) < 4.78 is 10.2. The number of hydrogen-bond acceptors (Lipinski definition) is 3. The zero-order valence-electron chi connectivity index (χ0n) is 15.5. The predicted octanol–water partition coefficient (Wildman–Crippen LogP) is 5.24. The number of carbonyl (C=O) groups is 1. The highest BCUT2D eigenvalue weighted by Crippen LogP contribution is 2.28. The molecule has 138 valence electrons. The van der Waals surface area contributed by atoms with Crippen molar-refractivity contribution >= 4 is 5.97 Å². The molecule has 2 unspecified atom stereocenters. The van der Waals surface area contributed by atoms with E-state index in [1.54, 1.807) is 0 Å². The van der Waals surface area contributed by atoms with E-state index in [9.17, 15) is 4.79 Å². The molecule has 0 amide bonds. The number of unbranched alkanes of at least 4 members (excludes halogenated alkanes) is 6. The van der Waals surface area contributed by atoms with E-state index in [0.29, 0.717) is 6.42 Å². The molecule has 0 aromatic heterocycles. The molecule has 0 saturated carbocycles. The van der Waals surface area contributed by atoms with Gasteiger partial charge in [0.05, 0.1) is 13.2 Å². The Hall–Kier alpha value is -1.61. The molecular weight excluding hydrogens is 312 g/mol. The van der Waals surface area contributed by atoms with E-state index in [2.05, 4.69) is 47.2 Å². The first-order chi connectivity index (χ1) is 12.3. The smallest absolute Gasteiger partial charge is 0.305 e. The minimum atomic E-state index is -0.151. The van der Waals surface area contributed by atoms with Crippen LogP contribution in [0.25, 0.3) is 0 Å². The Bertz CT molecular complexity index is 509. The van der Waals surface area contributed by atoms with Crippen LogP contribution in [0.2, 0.25) is 0 Å². The van der Waals surface area contributed by atoms with Gasteiger partial charge in [-0.05, 0) is 37.7 Å². The molecule has 3 heteroatoms. The van der Waals surface area contributed by atoms with E-state index in [1.165, 1.54) is 57.6 Å². The molecule has 2 rings (SSSR count). The van der Waals surface area contributed by atoms with E-state index >= 15 is 0 Å².